The zero-order chi connectivity index (χ0) is 18.3. The predicted molar refractivity (Wildman–Crippen MR) is 103 cm³/mol. The van der Waals surface area contributed by atoms with Crippen molar-refractivity contribution in [2.45, 2.75) is 6.92 Å². The molecule has 2 aromatic carbocycles. The first-order valence-corrected chi connectivity index (χ1v) is 8.93. The summed E-state index contributed by atoms with van der Waals surface area (Å²) < 4.78 is 8.26. The normalized spacial score (nSPS) is 10.9. The van der Waals surface area contributed by atoms with Gasteiger partial charge in [0.15, 0.2) is 0 Å². The van der Waals surface area contributed by atoms with E-state index in [4.69, 9.17) is 10.5 Å². The van der Waals surface area contributed by atoms with E-state index in [2.05, 4.69) is 31.9 Å². The Morgan fingerprint density at radius 1 is 1.16 bits per heavy atom. The Morgan fingerprint density at radius 3 is 2.48 bits per heavy atom. The zero-order valence-corrected chi connectivity index (χ0v) is 16.6. The minimum Gasteiger partial charge on any atom is -0.495 e. The van der Waals surface area contributed by atoms with Crippen LogP contribution in [0.4, 0.5) is 0 Å². The number of nitrogens with two attached hydrogens (primary N) is 1. The molecule has 5 nitrogen and oxygen atoms in total. The second kappa shape index (κ2) is 6.65. The van der Waals surface area contributed by atoms with Crippen LogP contribution in [-0.4, -0.2) is 23.5 Å². The molecule has 0 radical (unpaired) electrons. The molecule has 0 spiro atoms. The summed E-state index contributed by atoms with van der Waals surface area (Å²) in [6.45, 7) is 1.71. The van der Waals surface area contributed by atoms with Crippen LogP contribution in [0.1, 0.15) is 26.4 Å². The summed E-state index contributed by atoms with van der Waals surface area (Å²) in [6, 6.07) is 10.7. The van der Waals surface area contributed by atoms with Crippen molar-refractivity contribution in [1.29, 1.82) is 0 Å². The molecule has 0 fully saturated rings. The summed E-state index contributed by atoms with van der Waals surface area (Å²) in [5.41, 5.74) is 7.36. The number of benzene rings is 2. The lowest BCUT2D eigenvalue weighted by Crippen LogP contribution is -2.17. The van der Waals surface area contributed by atoms with Crippen molar-refractivity contribution in [3.05, 3.63) is 62.2 Å². The number of hydrogen-bond acceptors (Lipinski definition) is 3. The van der Waals surface area contributed by atoms with Gasteiger partial charge in [-0.15, -0.1) is 0 Å². The lowest BCUT2D eigenvalue weighted by molar-refractivity contribution is 0.0960. The van der Waals surface area contributed by atoms with E-state index in [1.165, 1.54) is 11.7 Å². The summed E-state index contributed by atoms with van der Waals surface area (Å²) in [7, 11) is 1.50. The number of nitrogens with zero attached hydrogens (tertiary/aromatic N) is 1. The molecule has 0 aliphatic rings. The van der Waals surface area contributed by atoms with Crippen LogP contribution in [0.2, 0.25) is 0 Å². The van der Waals surface area contributed by atoms with Gasteiger partial charge < -0.3 is 10.5 Å². The number of carbonyl (C=O) groups excluding carboxylic acids is 2. The fraction of sp³-hybridized carbons (Fsp3) is 0.111. The number of rotatable bonds is 3. The van der Waals surface area contributed by atoms with E-state index < -0.39 is 5.91 Å². The standard InChI is InChI=1S/C18H14Br2N2O3/c1-9-15(17(21)23)11-5-3-4-6-14(11)22(9)18(24)12-7-10(19)8-13(20)16(12)25-2/h3-8H,1-2H3,(H2,21,23). The molecule has 0 atom stereocenters. The highest BCUT2D eigenvalue weighted by atomic mass is 79.9. The number of para-hydroxylation sites is 1. The van der Waals surface area contributed by atoms with Crippen LogP contribution in [-0.2, 0) is 0 Å². The molecular formula is C18H14Br2N2O3. The lowest BCUT2D eigenvalue weighted by Gasteiger charge is -2.13. The average Bonchev–Trinajstić information content (AvgIpc) is 2.85. The molecule has 0 aliphatic heterocycles. The van der Waals surface area contributed by atoms with E-state index in [9.17, 15) is 9.59 Å². The molecule has 0 saturated carbocycles. The number of hydrogen-bond donors (Lipinski definition) is 1. The first kappa shape index (κ1) is 17.7. The molecule has 25 heavy (non-hydrogen) atoms. The van der Waals surface area contributed by atoms with E-state index in [0.29, 0.717) is 37.9 Å². The van der Waals surface area contributed by atoms with Crippen LogP contribution in [0.15, 0.2) is 45.3 Å². The minimum absolute atomic E-state index is 0.306. The quantitative estimate of drug-likeness (QED) is 0.627. The fourth-order valence-electron chi connectivity index (χ4n) is 2.99. The van der Waals surface area contributed by atoms with Crippen molar-refractivity contribution in [2.75, 3.05) is 7.11 Å². The first-order chi connectivity index (χ1) is 11.9. The van der Waals surface area contributed by atoms with Gasteiger partial charge in [-0.25, -0.2) is 0 Å². The fourth-order valence-corrected chi connectivity index (χ4v) is 4.37. The Kier molecular flexibility index (Phi) is 4.71. The summed E-state index contributed by atoms with van der Waals surface area (Å²) in [5, 5.41) is 0.647. The Labute approximate surface area is 161 Å². The van der Waals surface area contributed by atoms with Crippen molar-refractivity contribution in [3.63, 3.8) is 0 Å². The van der Waals surface area contributed by atoms with Gasteiger partial charge in [0.2, 0.25) is 0 Å². The Hall–Kier alpha value is -2.12. The largest absolute Gasteiger partial charge is 0.495 e. The maximum absolute atomic E-state index is 13.3. The van der Waals surface area contributed by atoms with E-state index in [0.717, 1.165) is 4.47 Å². The molecule has 3 aromatic rings. The van der Waals surface area contributed by atoms with Crippen LogP contribution in [0.25, 0.3) is 10.9 Å². The molecule has 3 rings (SSSR count). The van der Waals surface area contributed by atoms with Gasteiger partial charge in [0, 0.05) is 15.6 Å². The van der Waals surface area contributed by atoms with Crippen LogP contribution in [0, 0.1) is 6.92 Å². The van der Waals surface area contributed by atoms with Crippen LogP contribution >= 0.6 is 31.9 Å². The number of halogens is 2. The van der Waals surface area contributed by atoms with Gasteiger partial charge in [-0.1, -0.05) is 34.1 Å². The topological polar surface area (TPSA) is 74.3 Å². The van der Waals surface area contributed by atoms with Crippen molar-refractivity contribution in [2.24, 2.45) is 5.73 Å². The molecule has 7 heteroatoms. The van der Waals surface area contributed by atoms with Gasteiger partial charge in [0.1, 0.15) is 5.75 Å². The lowest BCUT2D eigenvalue weighted by atomic mass is 10.1. The number of primary amides is 1. The van der Waals surface area contributed by atoms with Gasteiger partial charge in [-0.05, 0) is 41.1 Å². The molecule has 0 saturated heterocycles. The number of carbonyl (C=O) groups is 2. The maximum atomic E-state index is 13.3. The zero-order valence-electron chi connectivity index (χ0n) is 13.5. The third-order valence-electron chi connectivity index (χ3n) is 4.00. The summed E-state index contributed by atoms with van der Waals surface area (Å²) >= 11 is 6.80. The highest BCUT2D eigenvalue weighted by Gasteiger charge is 2.25. The smallest absolute Gasteiger partial charge is 0.266 e. The SMILES string of the molecule is COc1c(Br)cc(Br)cc1C(=O)n1c(C)c(C(N)=O)c2ccccc21. The number of aromatic nitrogens is 1. The van der Waals surface area contributed by atoms with Gasteiger partial charge in [0.05, 0.1) is 28.2 Å². The summed E-state index contributed by atoms with van der Waals surface area (Å²) in [5.74, 6) is -0.450. The molecule has 1 amide bonds. The molecular weight excluding hydrogens is 452 g/mol. The predicted octanol–water partition coefficient (Wildman–Crippen LogP) is 4.27. The monoisotopic (exact) mass is 464 g/mol. The molecule has 1 heterocycles. The first-order valence-electron chi connectivity index (χ1n) is 7.34. The van der Waals surface area contributed by atoms with E-state index in [1.54, 1.807) is 37.3 Å². The average molecular weight is 466 g/mol. The van der Waals surface area contributed by atoms with Crippen molar-refractivity contribution in [3.8, 4) is 5.75 Å². The van der Waals surface area contributed by atoms with Crippen LogP contribution < -0.4 is 10.5 Å². The highest BCUT2D eigenvalue weighted by Crippen LogP contribution is 2.35. The molecule has 0 bridgehead atoms. The Balaban J connectivity index is 2.33. The number of amides is 1. The maximum Gasteiger partial charge on any atom is 0.266 e. The number of fused-ring (bicyclic) bond motifs is 1. The Morgan fingerprint density at radius 2 is 1.84 bits per heavy atom. The molecule has 128 valence electrons. The number of methoxy groups -OCH3 is 1. The minimum atomic E-state index is -0.567. The van der Waals surface area contributed by atoms with Gasteiger partial charge in [-0.3, -0.25) is 14.2 Å². The Bertz CT molecular complexity index is 1020. The van der Waals surface area contributed by atoms with E-state index >= 15 is 0 Å². The third kappa shape index (κ3) is 2.87. The van der Waals surface area contributed by atoms with Gasteiger partial charge >= 0.3 is 0 Å². The number of ether oxygens (including phenoxy) is 1. The molecule has 1 aromatic heterocycles. The van der Waals surface area contributed by atoms with Crippen LogP contribution in [0.5, 0.6) is 5.75 Å². The van der Waals surface area contributed by atoms with Crippen molar-refractivity contribution < 1.29 is 14.3 Å². The van der Waals surface area contributed by atoms with Crippen molar-refractivity contribution in [1.82, 2.24) is 4.57 Å². The summed E-state index contributed by atoms with van der Waals surface area (Å²) in [4.78, 5) is 25.2. The van der Waals surface area contributed by atoms with E-state index in [-0.39, 0.29) is 5.91 Å². The molecule has 2 N–H and O–H groups in total. The van der Waals surface area contributed by atoms with E-state index in [1.807, 2.05) is 6.07 Å². The van der Waals surface area contributed by atoms with Crippen molar-refractivity contribution >= 4 is 54.6 Å². The molecule has 0 aliphatic carbocycles. The van der Waals surface area contributed by atoms with Gasteiger partial charge in [0.25, 0.3) is 11.8 Å². The highest BCUT2D eigenvalue weighted by molar-refractivity contribution is 9.11. The third-order valence-corrected chi connectivity index (χ3v) is 5.05. The van der Waals surface area contributed by atoms with Gasteiger partial charge in [-0.2, -0.15) is 0 Å². The summed E-state index contributed by atoms with van der Waals surface area (Å²) in [6.07, 6.45) is 0. The second-order valence-corrected chi connectivity index (χ2v) is 7.22. The molecule has 0 unspecified atom stereocenters. The second-order valence-electron chi connectivity index (χ2n) is 5.45. The van der Waals surface area contributed by atoms with Crippen LogP contribution in [0.3, 0.4) is 0 Å².